The van der Waals surface area contributed by atoms with Crippen LogP contribution >= 0.6 is 0 Å². The predicted molar refractivity (Wildman–Crippen MR) is 88.8 cm³/mol. The van der Waals surface area contributed by atoms with E-state index in [0.29, 0.717) is 0 Å². The van der Waals surface area contributed by atoms with Gasteiger partial charge in [-0.2, -0.15) is 0 Å². The van der Waals surface area contributed by atoms with Gasteiger partial charge in [0.1, 0.15) is 5.75 Å². The summed E-state index contributed by atoms with van der Waals surface area (Å²) in [6, 6.07) is 8.32. The van der Waals surface area contributed by atoms with Gasteiger partial charge in [-0.1, -0.05) is 25.1 Å². The van der Waals surface area contributed by atoms with Crippen LogP contribution in [0.15, 0.2) is 24.3 Å². The summed E-state index contributed by atoms with van der Waals surface area (Å²) in [6.45, 7) is 12.1. The second kappa shape index (κ2) is 8.40. The van der Waals surface area contributed by atoms with E-state index in [9.17, 15) is 0 Å². The minimum absolute atomic E-state index is 0.224. The molecule has 0 amide bonds. The van der Waals surface area contributed by atoms with Crippen molar-refractivity contribution in [3.8, 4) is 5.75 Å². The lowest BCUT2D eigenvalue weighted by Crippen LogP contribution is -2.37. The van der Waals surface area contributed by atoms with E-state index in [1.54, 1.807) is 0 Å². The van der Waals surface area contributed by atoms with Crippen LogP contribution in [-0.2, 0) is 6.54 Å². The molecule has 1 aromatic carbocycles. The van der Waals surface area contributed by atoms with E-state index in [-0.39, 0.29) is 6.10 Å². The van der Waals surface area contributed by atoms with Crippen molar-refractivity contribution >= 4 is 0 Å². The van der Waals surface area contributed by atoms with Crippen molar-refractivity contribution in [2.45, 2.75) is 46.3 Å². The number of rotatable bonds is 7. The van der Waals surface area contributed by atoms with Gasteiger partial charge < -0.3 is 15.0 Å². The van der Waals surface area contributed by atoms with Crippen LogP contribution in [0.3, 0.4) is 0 Å². The fourth-order valence-electron chi connectivity index (χ4n) is 2.76. The summed E-state index contributed by atoms with van der Waals surface area (Å²) in [6.07, 6.45) is 2.93. The van der Waals surface area contributed by atoms with Crippen molar-refractivity contribution in [3.63, 3.8) is 0 Å². The van der Waals surface area contributed by atoms with Crippen molar-refractivity contribution in [1.29, 1.82) is 0 Å². The number of benzene rings is 1. The molecule has 1 heterocycles. The Morgan fingerprint density at radius 1 is 1.24 bits per heavy atom. The quantitative estimate of drug-likeness (QED) is 0.780. The van der Waals surface area contributed by atoms with Crippen LogP contribution in [0.4, 0.5) is 0 Å². The molecular formula is C18H30N2O. The Morgan fingerprint density at radius 2 is 1.95 bits per heavy atom. The zero-order valence-electron chi connectivity index (χ0n) is 13.8. The lowest BCUT2D eigenvalue weighted by atomic mass is 9.99. The van der Waals surface area contributed by atoms with E-state index in [0.717, 1.165) is 31.3 Å². The fourth-order valence-corrected chi connectivity index (χ4v) is 2.76. The number of ether oxygens (including phenoxy) is 1. The summed E-state index contributed by atoms with van der Waals surface area (Å²) in [4.78, 5) is 2.57. The zero-order chi connectivity index (χ0) is 15.1. The number of hydrogen-bond donors (Lipinski definition) is 1. The maximum atomic E-state index is 5.85. The highest BCUT2D eigenvalue weighted by Gasteiger charge is 2.14. The highest BCUT2D eigenvalue weighted by atomic mass is 16.5. The molecule has 3 nitrogen and oxygen atoms in total. The number of nitrogens with one attached hydrogen (secondary N) is 1. The van der Waals surface area contributed by atoms with Gasteiger partial charge in [-0.25, -0.2) is 0 Å². The Balaban J connectivity index is 1.71. The second-order valence-electron chi connectivity index (χ2n) is 6.48. The lowest BCUT2D eigenvalue weighted by Gasteiger charge is -2.30. The Bertz CT molecular complexity index is 411. The summed E-state index contributed by atoms with van der Waals surface area (Å²) < 4.78 is 5.85. The van der Waals surface area contributed by atoms with Crippen LogP contribution in [0.5, 0.6) is 5.75 Å². The molecule has 0 saturated carbocycles. The molecule has 1 aromatic rings. The molecule has 1 aliphatic rings. The van der Waals surface area contributed by atoms with Gasteiger partial charge in [-0.15, -0.1) is 0 Å². The number of nitrogens with zero attached hydrogens (tertiary/aromatic N) is 1. The first-order valence-corrected chi connectivity index (χ1v) is 8.33. The van der Waals surface area contributed by atoms with Gasteiger partial charge in [0, 0.05) is 25.2 Å². The van der Waals surface area contributed by atoms with Gasteiger partial charge in [0.2, 0.25) is 0 Å². The first-order valence-electron chi connectivity index (χ1n) is 8.33. The average molecular weight is 290 g/mol. The van der Waals surface area contributed by atoms with Gasteiger partial charge in [-0.3, -0.25) is 0 Å². The molecule has 2 rings (SSSR count). The number of para-hydroxylation sites is 1. The molecule has 0 atom stereocenters. The Labute approximate surface area is 129 Å². The summed E-state index contributed by atoms with van der Waals surface area (Å²) >= 11 is 0. The monoisotopic (exact) mass is 290 g/mol. The smallest absolute Gasteiger partial charge is 0.124 e. The molecule has 0 bridgehead atoms. The highest BCUT2D eigenvalue weighted by Crippen LogP contribution is 2.19. The first-order chi connectivity index (χ1) is 10.1. The summed E-state index contributed by atoms with van der Waals surface area (Å²) in [5.41, 5.74) is 1.25. The number of likely N-dealkylation sites (tertiary alicyclic amines) is 1. The molecule has 1 fully saturated rings. The Kier molecular flexibility index (Phi) is 6.52. The van der Waals surface area contributed by atoms with E-state index in [4.69, 9.17) is 4.74 Å². The molecule has 0 aromatic heterocycles. The third kappa shape index (κ3) is 5.68. The van der Waals surface area contributed by atoms with Crippen LogP contribution in [0.2, 0.25) is 0 Å². The molecule has 118 valence electrons. The van der Waals surface area contributed by atoms with Gasteiger partial charge in [0.15, 0.2) is 0 Å². The Morgan fingerprint density at radius 3 is 2.67 bits per heavy atom. The van der Waals surface area contributed by atoms with Crippen molar-refractivity contribution in [2.75, 3.05) is 26.2 Å². The molecule has 0 radical (unpaired) electrons. The van der Waals surface area contributed by atoms with Crippen LogP contribution in [0.1, 0.15) is 39.2 Å². The molecule has 1 N–H and O–H groups in total. The van der Waals surface area contributed by atoms with E-state index in [1.807, 2.05) is 6.07 Å². The normalized spacial score (nSPS) is 17.3. The van der Waals surface area contributed by atoms with Crippen LogP contribution < -0.4 is 10.1 Å². The van der Waals surface area contributed by atoms with Crippen molar-refractivity contribution in [1.82, 2.24) is 10.2 Å². The van der Waals surface area contributed by atoms with Gasteiger partial charge in [0.25, 0.3) is 0 Å². The van der Waals surface area contributed by atoms with E-state index >= 15 is 0 Å². The van der Waals surface area contributed by atoms with E-state index in [2.05, 4.69) is 49.2 Å². The lowest BCUT2D eigenvalue weighted by molar-refractivity contribution is 0.192. The third-order valence-electron chi connectivity index (χ3n) is 4.13. The van der Waals surface area contributed by atoms with Gasteiger partial charge in [0.05, 0.1) is 6.10 Å². The summed E-state index contributed by atoms with van der Waals surface area (Å²) in [7, 11) is 0. The standard InChI is InChI=1S/C18H30N2O/c1-15(2)21-18-7-5-4-6-17(18)14-19-10-13-20-11-8-16(3)9-12-20/h4-7,15-16,19H,8-14H2,1-3H3. The second-order valence-corrected chi connectivity index (χ2v) is 6.48. The highest BCUT2D eigenvalue weighted by molar-refractivity contribution is 5.33. The maximum Gasteiger partial charge on any atom is 0.124 e. The van der Waals surface area contributed by atoms with Crippen LogP contribution in [0.25, 0.3) is 0 Å². The molecule has 0 aliphatic carbocycles. The maximum absolute atomic E-state index is 5.85. The largest absolute Gasteiger partial charge is 0.491 e. The van der Waals surface area contributed by atoms with E-state index < -0.39 is 0 Å². The van der Waals surface area contributed by atoms with Crippen molar-refractivity contribution < 1.29 is 4.74 Å². The third-order valence-corrected chi connectivity index (χ3v) is 4.13. The topological polar surface area (TPSA) is 24.5 Å². The summed E-state index contributed by atoms with van der Waals surface area (Å²) in [5.74, 6) is 1.92. The SMILES string of the molecule is CC1CCN(CCNCc2ccccc2OC(C)C)CC1. The first kappa shape index (κ1) is 16.3. The minimum Gasteiger partial charge on any atom is -0.491 e. The van der Waals surface area contributed by atoms with Crippen molar-refractivity contribution in [2.24, 2.45) is 5.92 Å². The minimum atomic E-state index is 0.224. The van der Waals surface area contributed by atoms with Gasteiger partial charge >= 0.3 is 0 Å². The van der Waals surface area contributed by atoms with Gasteiger partial charge in [-0.05, 0) is 51.8 Å². The van der Waals surface area contributed by atoms with Crippen molar-refractivity contribution in [3.05, 3.63) is 29.8 Å². The van der Waals surface area contributed by atoms with E-state index in [1.165, 1.54) is 31.5 Å². The molecular weight excluding hydrogens is 260 g/mol. The Hall–Kier alpha value is -1.06. The molecule has 1 saturated heterocycles. The molecule has 0 unspecified atom stereocenters. The molecule has 21 heavy (non-hydrogen) atoms. The average Bonchev–Trinajstić information content (AvgIpc) is 2.46. The summed E-state index contributed by atoms with van der Waals surface area (Å²) in [5, 5.41) is 3.55. The molecule has 1 aliphatic heterocycles. The van der Waals surface area contributed by atoms with Crippen LogP contribution in [0, 0.1) is 5.92 Å². The number of hydrogen-bond acceptors (Lipinski definition) is 3. The number of piperidine rings is 1. The van der Waals surface area contributed by atoms with Crippen LogP contribution in [-0.4, -0.2) is 37.2 Å². The fraction of sp³-hybridized carbons (Fsp3) is 0.667. The molecule has 3 heteroatoms. The predicted octanol–water partition coefficient (Wildman–Crippen LogP) is 3.30. The zero-order valence-corrected chi connectivity index (χ0v) is 13.8. The molecule has 0 spiro atoms.